The van der Waals surface area contributed by atoms with Crippen molar-refractivity contribution in [3.63, 3.8) is 0 Å². The number of rotatable bonds is 4. The Morgan fingerprint density at radius 2 is 2.00 bits per heavy atom. The molecule has 1 aliphatic rings. The first-order valence-electron chi connectivity index (χ1n) is 6.39. The van der Waals surface area contributed by atoms with Crippen LogP contribution in [0.15, 0.2) is 18.2 Å². The summed E-state index contributed by atoms with van der Waals surface area (Å²) in [4.78, 5) is 25.4. The Bertz CT molecular complexity index is 495. The van der Waals surface area contributed by atoms with E-state index in [1.54, 1.807) is 6.92 Å². The number of benzene rings is 1. The van der Waals surface area contributed by atoms with E-state index in [4.69, 9.17) is 4.74 Å². The molecule has 0 N–H and O–H groups in total. The van der Waals surface area contributed by atoms with E-state index in [-0.39, 0.29) is 12.2 Å². The molecule has 1 heterocycles. The first kappa shape index (κ1) is 13.5. The summed E-state index contributed by atoms with van der Waals surface area (Å²) in [6, 6.07) is 3.84. The van der Waals surface area contributed by atoms with E-state index < -0.39 is 17.6 Å². The van der Waals surface area contributed by atoms with Crippen LogP contribution in [0.5, 0.6) is 0 Å². The molecule has 0 spiro atoms. The average molecular weight is 265 g/mol. The minimum Gasteiger partial charge on any atom is -0.460 e. The lowest BCUT2D eigenvalue weighted by Crippen LogP contribution is -2.24. The maximum atomic E-state index is 13.4. The van der Waals surface area contributed by atoms with Crippen molar-refractivity contribution in [2.45, 2.75) is 19.8 Å². The number of carbonyl (C=O) groups is 2. The zero-order chi connectivity index (χ0) is 13.8. The fourth-order valence-electron chi connectivity index (χ4n) is 2.22. The van der Waals surface area contributed by atoms with Gasteiger partial charge in [0.1, 0.15) is 5.82 Å². The van der Waals surface area contributed by atoms with E-state index >= 15 is 0 Å². The van der Waals surface area contributed by atoms with Gasteiger partial charge in [0.2, 0.25) is 0 Å². The molecule has 1 aromatic rings. The zero-order valence-electron chi connectivity index (χ0n) is 10.8. The normalized spacial score (nSPS) is 14.5. The molecule has 0 unspecified atom stereocenters. The van der Waals surface area contributed by atoms with E-state index in [0.29, 0.717) is 5.69 Å². The molecule has 0 aliphatic carbocycles. The lowest BCUT2D eigenvalue weighted by atomic mass is 10.1. The van der Waals surface area contributed by atoms with Crippen LogP contribution < -0.4 is 4.90 Å². The van der Waals surface area contributed by atoms with Crippen LogP contribution in [0.3, 0.4) is 0 Å². The third kappa shape index (κ3) is 2.92. The standard InChI is InChI=1S/C14H16FNO3/c1-2-19-14(18)13(17)11-6-5-10(15)9-12(11)16-7-3-4-8-16/h5-6,9H,2-4,7-8H2,1H3. The molecule has 0 bridgehead atoms. The number of hydrogen-bond donors (Lipinski definition) is 0. The summed E-state index contributed by atoms with van der Waals surface area (Å²) in [7, 11) is 0. The Labute approximate surface area is 111 Å². The molecule has 2 rings (SSSR count). The third-order valence-electron chi connectivity index (χ3n) is 3.11. The molecule has 19 heavy (non-hydrogen) atoms. The molecule has 0 atom stereocenters. The fourth-order valence-corrected chi connectivity index (χ4v) is 2.22. The smallest absolute Gasteiger partial charge is 0.379 e. The summed E-state index contributed by atoms with van der Waals surface area (Å²) in [6.07, 6.45) is 2.01. The molecule has 0 radical (unpaired) electrons. The fraction of sp³-hybridized carbons (Fsp3) is 0.429. The van der Waals surface area contributed by atoms with E-state index in [2.05, 4.69) is 0 Å². The number of ketones is 1. The Morgan fingerprint density at radius 1 is 1.32 bits per heavy atom. The molecule has 0 saturated carbocycles. The minimum absolute atomic E-state index is 0.144. The molecular formula is C14H16FNO3. The van der Waals surface area contributed by atoms with Crippen LogP contribution in [0.1, 0.15) is 30.1 Å². The molecule has 0 aromatic heterocycles. The molecule has 1 aromatic carbocycles. The van der Waals surface area contributed by atoms with Gasteiger partial charge in [-0.15, -0.1) is 0 Å². The Balaban J connectivity index is 2.33. The van der Waals surface area contributed by atoms with Crippen molar-refractivity contribution in [3.8, 4) is 0 Å². The first-order valence-corrected chi connectivity index (χ1v) is 6.39. The van der Waals surface area contributed by atoms with Gasteiger partial charge in [0.05, 0.1) is 17.9 Å². The summed E-state index contributed by atoms with van der Waals surface area (Å²) >= 11 is 0. The first-order chi connectivity index (χ1) is 9.13. The largest absolute Gasteiger partial charge is 0.460 e. The van der Waals surface area contributed by atoms with Crippen LogP contribution in [0, 0.1) is 5.82 Å². The van der Waals surface area contributed by atoms with Gasteiger partial charge in [-0.1, -0.05) is 0 Å². The van der Waals surface area contributed by atoms with Crippen molar-refractivity contribution in [1.82, 2.24) is 0 Å². The molecule has 1 fully saturated rings. The van der Waals surface area contributed by atoms with Crippen molar-refractivity contribution in [1.29, 1.82) is 0 Å². The topological polar surface area (TPSA) is 46.6 Å². The number of hydrogen-bond acceptors (Lipinski definition) is 4. The van der Waals surface area contributed by atoms with Crippen molar-refractivity contribution in [2.24, 2.45) is 0 Å². The minimum atomic E-state index is -0.894. The monoisotopic (exact) mass is 265 g/mol. The summed E-state index contributed by atoms with van der Waals surface area (Å²) in [5.74, 6) is -2.03. The lowest BCUT2D eigenvalue weighted by Gasteiger charge is -2.20. The van der Waals surface area contributed by atoms with Crippen molar-refractivity contribution in [2.75, 3.05) is 24.6 Å². The van der Waals surface area contributed by atoms with E-state index in [9.17, 15) is 14.0 Å². The highest BCUT2D eigenvalue weighted by molar-refractivity contribution is 6.41. The van der Waals surface area contributed by atoms with Crippen molar-refractivity contribution < 1.29 is 18.7 Å². The van der Waals surface area contributed by atoms with Gasteiger partial charge >= 0.3 is 5.97 Å². The van der Waals surface area contributed by atoms with Gasteiger partial charge in [-0.3, -0.25) is 4.79 Å². The maximum absolute atomic E-state index is 13.4. The van der Waals surface area contributed by atoms with Crippen LogP contribution in [-0.2, 0) is 9.53 Å². The number of Topliss-reactive ketones (excluding diaryl/α,β-unsaturated/α-hetero) is 1. The van der Waals surface area contributed by atoms with Gasteiger partial charge < -0.3 is 9.64 Å². The van der Waals surface area contributed by atoms with Gasteiger partial charge in [-0.25, -0.2) is 9.18 Å². The third-order valence-corrected chi connectivity index (χ3v) is 3.11. The highest BCUT2D eigenvalue weighted by atomic mass is 19.1. The van der Waals surface area contributed by atoms with Gasteiger partial charge in [-0.2, -0.15) is 0 Å². The molecule has 5 heteroatoms. The summed E-state index contributed by atoms with van der Waals surface area (Å²) in [5, 5.41) is 0. The number of anilines is 1. The van der Waals surface area contributed by atoms with Crippen LogP contribution >= 0.6 is 0 Å². The summed E-state index contributed by atoms with van der Waals surface area (Å²) in [6.45, 7) is 3.32. The Kier molecular flexibility index (Phi) is 4.14. The quantitative estimate of drug-likeness (QED) is 0.475. The van der Waals surface area contributed by atoms with Crippen LogP contribution in [0.25, 0.3) is 0 Å². The SMILES string of the molecule is CCOC(=O)C(=O)c1ccc(F)cc1N1CCCC1. The van der Waals surface area contributed by atoms with Crippen LogP contribution in [0.4, 0.5) is 10.1 Å². The second kappa shape index (κ2) is 5.82. The molecule has 102 valence electrons. The molecule has 1 saturated heterocycles. The number of esters is 1. The van der Waals surface area contributed by atoms with Gasteiger partial charge in [0.25, 0.3) is 5.78 Å². The highest BCUT2D eigenvalue weighted by Crippen LogP contribution is 2.26. The molecular weight excluding hydrogens is 249 g/mol. The summed E-state index contributed by atoms with van der Waals surface area (Å²) < 4.78 is 18.1. The zero-order valence-corrected chi connectivity index (χ0v) is 10.8. The van der Waals surface area contributed by atoms with E-state index in [1.807, 2.05) is 4.90 Å². The number of halogens is 1. The second-order valence-electron chi connectivity index (χ2n) is 4.41. The van der Waals surface area contributed by atoms with Crippen molar-refractivity contribution >= 4 is 17.4 Å². The second-order valence-corrected chi connectivity index (χ2v) is 4.41. The van der Waals surface area contributed by atoms with Crippen molar-refractivity contribution in [3.05, 3.63) is 29.6 Å². The predicted octanol–water partition coefficient (Wildman–Crippen LogP) is 2.17. The Morgan fingerprint density at radius 3 is 2.63 bits per heavy atom. The van der Waals surface area contributed by atoms with Gasteiger partial charge in [0.15, 0.2) is 0 Å². The van der Waals surface area contributed by atoms with Gasteiger partial charge in [-0.05, 0) is 38.0 Å². The van der Waals surface area contributed by atoms with E-state index in [1.165, 1.54) is 18.2 Å². The molecule has 1 aliphatic heterocycles. The average Bonchev–Trinajstić information content (AvgIpc) is 2.92. The Hall–Kier alpha value is -1.91. The van der Waals surface area contributed by atoms with Crippen LogP contribution in [0.2, 0.25) is 0 Å². The number of ether oxygens (including phenoxy) is 1. The summed E-state index contributed by atoms with van der Waals surface area (Å²) in [5.41, 5.74) is 0.692. The van der Waals surface area contributed by atoms with Crippen LogP contribution in [-0.4, -0.2) is 31.4 Å². The highest BCUT2D eigenvalue weighted by Gasteiger charge is 2.25. The molecule has 4 nitrogen and oxygen atoms in total. The maximum Gasteiger partial charge on any atom is 0.379 e. The van der Waals surface area contributed by atoms with Gasteiger partial charge in [0, 0.05) is 13.1 Å². The number of carbonyl (C=O) groups excluding carboxylic acids is 2. The lowest BCUT2D eigenvalue weighted by molar-refractivity contribution is -0.137. The predicted molar refractivity (Wildman–Crippen MR) is 68.8 cm³/mol. The molecule has 0 amide bonds. The van der Waals surface area contributed by atoms with E-state index in [0.717, 1.165) is 25.9 Å². The number of nitrogens with zero attached hydrogens (tertiary/aromatic N) is 1.